The number of fused-ring (bicyclic) bond motifs is 1. The zero-order chi connectivity index (χ0) is 25.1. The van der Waals surface area contributed by atoms with E-state index in [1.54, 1.807) is 41.0 Å². The lowest BCUT2D eigenvalue weighted by molar-refractivity contribution is -0.116. The van der Waals surface area contributed by atoms with Crippen molar-refractivity contribution in [1.82, 2.24) is 14.8 Å². The van der Waals surface area contributed by atoms with Crippen LogP contribution in [0.25, 0.3) is 10.9 Å². The lowest BCUT2D eigenvalue weighted by Gasteiger charge is -2.34. The Bertz CT molecular complexity index is 1200. The molecule has 2 heterocycles. The largest absolute Gasteiger partial charge is 0.733 e. The zero-order valence-corrected chi connectivity index (χ0v) is 20.5. The fourth-order valence-corrected chi connectivity index (χ4v) is 4.56. The molecule has 2 aromatic carbocycles. The van der Waals surface area contributed by atoms with Gasteiger partial charge in [-0.1, -0.05) is 11.6 Å². The molecule has 1 aromatic heterocycles. The van der Waals surface area contributed by atoms with Gasteiger partial charge in [0.05, 0.1) is 5.69 Å². The van der Waals surface area contributed by atoms with Crippen LogP contribution in [0.15, 0.2) is 48.5 Å². The third-order valence-corrected chi connectivity index (χ3v) is 6.62. The molecule has 0 aliphatic carbocycles. The highest BCUT2D eigenvalue weighted by Crippen LogP contribution is 2.26. The first-order chi connectivity index (χ1) is 16.7. The van der Waals surface area contributed by atoms with E-state index in [1.165, 1.54) is 12.1 Å². The van der Waals surface area contributed by atoms with Crippen LogP contribution in [0, 0.1) is 5.21 Å². The number of anilines is 2. The molecule has 0 radical (unpaired) electrons. The number of halogens is 1. The second kappa shape index (κ2) is 10.7. The van der Waals surface area contributed by atoms with E-state index in [4.69, 9.17) is 11.6 Å². The number of carbonyl (C=O) groups is 2. The van der Waals surface area contributed by atoms with Crippen molar-refractivity contribution in [3.63, 3.8) is 0 Å². The van der Waals surface area contributed by atoms with Crippen LogP contribution in [-0.2, 0) is 11.3 Å². The third kappa shape index (κ3) is 5.94. The van der Waals surface area contributed by atoms with Gasteiger partial charge in [0.2, 0.25) is 5.91 Å². The maximum Gasteiger partial charge on any atom is 0.268 e. The van der Waals surface area contributed by atoms with Gasteiger partial charge in [0.15, 0.2) is 0 Å². The topological polar surface area (TPSA) is 113 Å². The number of likely N-dealkylation sites (tertiary alicyclic amines) is 1. The van der Waals surface area contributed by atoms with Crippen molar-refractivity contribution in [1.29, 1.82) is 0 Å². The van der Waals surface area contributed by atoms with Crippen LogP contribution in [-0.4, -0.2) is 51.7 Å². The second-order valence-corrected chi connectivity index (χ2v) is 9.50. The third-order valence-electron chi connectivity index (χ3n) is 6.36. The Kier molecular flexibility index (Phi) is 7.61. The minimum absolute atomic E-state index is 0.0354. The number of amides is 2. The molecular formula is C25H29ClN5O4-. The van der Waals surface area contributed by atoms with E-state index in [9.17, 15) is 20.0 Å². The molecule has 186 valence electrons. The summed E-state index contributed by atoms with van der Waals surface area (Å²) in [6.07, 6.45) is 1.70. The normalized spacial score (nSPS) is 14.9. The Labute approximate surface area is 208 Å². The van der Waals surface area contributed by atoms with Crippen molar-refractivity contribution in [3.8, 4) is 0 Å². The van der Waals surface area contributed by atoms with Gasteiger partial charge in [0, 0.05) is 46.8 Å². The van der Waals surface area contributed by atoms with Crippen LogP contribution < -0.4 is 15.9 Å². The summed E-state index contributed by atoms with van der Waals surface area (Å²) < 4.78 is 1.62. The van der Waals surface area contributed by atoms with E-state index in [2.05, 4.69) is 29.4 Å². The Morgan fingerprint density at radius 2 is 1.83 bits per heavy atom. The molecule has 35 heavy (non-hydrogen) atoms. The quantitative estimate of drug-likeness (QED) is 0.420. The van der Waals surface area contributed by atoms with Gasteiger partial charge in [-0.3, -0.25) is 14.8 Å². The molecule has 0 atom stereocenters. The molecule has 0 bridgehead atoms. The van der Waals surface area contributed by atoms with E-state index < -0.39 is 0 Å². The van der Waals surface area contributed by atoms with Crippen LogP contribution in [0.3, 0.4) is 0 Å². The van der Waals surface area contributed by atoms with Crippen LogP contribution in [0.2, 0.25) is 5.02 Å². The summed E-state index contributed by atoms with van der Waals surface area (Å²) in [6, 6.07) is 13.4. The smallest absolute Gasteiger partial charge is 0.268 e. The summed E-state index contributed by atoms with van der Waals surface area (Å²) >= 11 is 5.92. The number of nitrogens with one attached hydrogen (secondary N) is 2. The van der Waals surface area contributed by atoms with Crippen molar-refractivity contribution < 1.29 is 14.8 Å². The van der Waals surface area contributed by atoms with Crippen LogP contribution in [0.1, 0.15) is 37.2 Å². The van der Waals surface area contributed by atoms with Crippen molar-refractivity contribution in [3.05, 3.63) is 64.5 Å². The maximum absolute atomic E-state index is 13.3. The van der Waals surface area contributed by atoms with Gasteiger partial charge in [0.25, 0.3) is 5.91 Å². The molecule has 0 unspecified atom stereocenters. The fourth-order valence-electron chi connectivity index (χ4n) is 4.43. The summed E-state index contributed by atoms with van der Waals surface area (Å²) in [4.78, 5) is 28.5. The van der Waals surface area contributed by atoms with Crippen molar-refractivity contribution in [2.24, 2.45) is 0 Å². The minimum Gasteiger partial charge on any atom is -0.733 e. The van der Waals surface area contributed by atoms with E-state index in [-0.39, 0.29) is 35.3 Å². The number of carbonyl (C=O) groups excluding carboxylic acids is 2. The number of benzene rings is 2. The SMILES string of the molecule is CC(C)N1CCC(NC(=O)c2cc3cc(N([O-])O)ccc3n2CC(=O)Nc2ccc(Cl)cc2)CC1. The van der Waals surface area contributed by atoms with Gasteiger partial charge in [-0.15, -0.1) is 0 Å². The highest BCUT2D eigenvalue weighted by molar-refractivity contribution is 6.30. The summed E-state index contributed by atoms with van der Waals surface area (Å²) in [5.74, 6) is -0.603. The molecule has 10 heteroatoms. The Balaban J connectivity index is 1.57. The van der Waals surface area contributed by atoms with E-state index >= 15 is 0 Å². The Morgan fingerprint density at radius 3 is 2.46 bits per heavy atom. The fraction of sp³-hybridized carbons (Fsp3) is 0.360. The second-order valence-electron chi connectivity index (χ2n) is 9.06. The number of piperidine rings is 1. The Morgan fingerprint density at radius 1 is 1.14 bits per heavy atom. The van der Waals surface area contributed by atoms with Gasteiger partial charge >= 0.3 is 0 Å². The summed E-state index contributed by atoms with van der Waals surface area (Å²) in [7, 11) is 0. The molecule has 0 saturated carbocycles. The molecule has 9 nitrogen and oxygen atoms in total. The first-order valence-electron chi connectivity index (χ1n) is 11.6. The molecule has 1 saturated heterocycles. The van der Waals surface area contributed by atoms with Gasteiger partial charge in [-0.25, -0.2) is 0 Å². The number of hydrogen-bond donors (Lipinski definition) is 3. The summed E-state index contributed by atoms with van der Waals surface area (Å²) in [6.45, 7) is 6.04. The minimum atomic E-state index is -0.319. The average molecular weight is 499 g/mol. The standard InChI is InChI=1S/C25H29ClN5O4/c1-16(2)29-11-9-20(10-12-29)28-25(33)23-14-17-13-21(31(34)35)7-8-22(17)30(23)15-24(32)27-19-5-3-18(26)4-6-19/h3-8,13-14,16,20,34H,9-12,15H2,1-2H3,(H,27,32)(H,28,33)/q-1. The molecule has 2 amide bonds. The molecule has 0 spiro atoms. The lowest BCUT2D eigenvalue weighted by atomic mass is 10.0. The first kappa shape index (κ1) is 25.0. The maximum atomic E-state index is 13.3. The van der Waals surface area contributed by atoms with Crippen molar-refractivity contribution in [2.75, 3.05) is 23.6 Å². The van der Waals surface area contributed by atoms with Crippen molar-refractivity contribution >= 4 is 45.7 Å². The number of aromatic nitrogens is 1. The van der Waals surface area contributed by atoms with Gasteiger partial charge in [-0.2, -0.15) is 0 Å². The van der Waals surface area contributed by atoms with E-state index in [0.29, 0.717) is 33.3 Å². The molecule has 1 fully saturated rings. The highest BCUT2D eigenvalue weighted by Gasteiger charge is 2.25. The van der Waals surface area contributed by atoms with Gasteiger partial charge < -0.3 is 30.5 Å². The first-order valence-corrected chi connectivity index (χ1v) is 12.0. The highest BCUT2D eigenvalue weighted by atomic mass is 35.5. The monoisotopic (exact) mass is 498 g/mol. The van der Waals surface area contributed by atoms with Gasteiger partial charge in [0.1, 0.15) is 12.2 Å². The molecule has 3 aromatic rings. The summed E-state index contributed by atoms with van der Waals surface area (Å²) in [5, 5.41) is 27.5. The molecule has 3 N–H and O–H groups in total. The molecular weight excluding hydrogens is 470 g/mol. The lowest BCUT2D eigenvalue weighted by Crippen LogP contribution is -2.47. The number of rotatable bonds is 7. The molecule has 1 aliphatic heterocycles. The molecule has 4 rings (SSSR count). The zero-order valence-electron chi connectivity index (χ0n) is 19.7. The van der Waals surface area contributed by atoms with Crippen molar-refractivity contribution in [2.45, 2.75) is 45.3 Å². The number of hydrogen-bond acceptors (Lipinski definition) is 6. The van der Waals surface area contributed by atoms with E-state index in [1.807, 2.05) is 0 Å². The van der Waals surface area contributed by atoms with Gasteiger partial charge in [-0.05, 0) is 75.2 Å². The van der Waals surface area contributed by atoms with E-state index in [0.717, 1.165) is 25.9 Å². The van der Waals surface area contributed by atoms with Crippen LogP contribution in [0.4, 0.5) is 11.4 Å². The van der Waals surface area contributed by atoms with Crippen LogP contribution >= 0.6 is 11.6 Å². The predicted molar refractivity (Wildman–Crippen MR) is 137 cm³/mol. The average Bonchev–Trinajstić information content (AvgIpc) is 3.18. The Hall–Kier alpha value is -3.11. The van der Waals surface area contributed by atoms with Crippen LogP contribution in [0.5, 0.6) is 0 Å². The molecule has 1 aliphatic rings. The number of nitrogens with zero attached hydrogens (tertiary/aromatic N) is 3. The predicted octanol–water partition coefficient (Wildman–Crippen LogP) is 4.23. The summed E-state index contributed by atoms with van der Waals surface area (Å²) in [5.41, 5.74) is 1.53.